The monoisotopic (exact) mass is 393 g/mol. The van der Waals surface area contributed by atoms with Crippen LogP contribution in [0.15, 0.2) is 35.6 Å². The van der Waals surface area contributed by atoms with Crippen LogP contribution < -0.4 is 15.5 Å². The molecule has 3 N–H and O–H groups in total. The number of nitrogens with one attached hydrogen (secondary N) is 3. The van der Waals surface area contributed by atoms with Crippen molar-refractivity contribution in [2.24, 2.45) is 0 Å². The summed E-state index contributed by atoms with van der Waals surface area (Å²) in [5, 5.41) is 7.69. The number of aromatic amines is 1. The molecular formula is C18H24ClN5OS. The molecule has 0 bridgehead atoms. The summed E-state index contributed by atoms with van der Waals surface area (Å²) in [5.41, 5.74) is 1.96. The van der Waals surface area contributed by atoms with Crippen molar-refractivity contribution in [3.05, 3.63) is 35.6 Å². The highest BCUT2D eigenvalue weighted by molar-refractivity contribution is 8.04. The molecule has 0 radical (unpaired) electrons. The average Bonchev–Trinajstić information content (AvgIpc) is 3.33. The molecule has 0 spiro atoms. The molecular weight excluding hydrogens is 370 g/mol. The van der Waals surface area contributed by atoms with E-state index in [9.17, 15) is 4.79 Å². The van der Waals surface area contributed by atoms with E-state index in [2.05, 4.69) is 32.4 Å². The normalized spacial score (nSPS) is 21.2. The topological polar surface area (TPSA) is 73.0 Å². The summed E-state index contributed by atoms with van der Waals surface area (Å²) in [6, 6.07) is 4.56. The Morgan fingerprint density at radius 2 is 2.35 bits per heavy atom. The molecule has 2 aliphatic heterocycles. The van der Waals surface area contributed by atoms with Gasteiger partial charge < -0.3 is 20.5 Å². The van der Waals surface area contributed by atoms with Crippen molar-refractivity contribution in [1.82, 2.24) is 20.6 Å². The lowest BCUT2D eigenvalue weighted by Crippen LogP contribution is -2.46. The molecule has 2 atom stereocenters. The minimum Gasteiger partial charge on any atom is -0.348 e. The first-order valence-electron chi connectivity index (χ1n) is 8.80. The van der Waals surface area contributed by atoms with E-state index in [1.54, 1.807) is 18.0 Å². The number of nitrogens with zero attached hydrogens (tertiary/aromatic N) is 2. The molecule has 1 fully saturated rings. The number of carbonyl (C=O) groups excluding carboxylic acids is 1. The average molecular weight is 394 g/mol. The smallest absolute Gasteiger partial charge is 0.259 e. The van der Waals surface area contributed by atoms with Crippen molar-refractivity contribution in [3.63, 3.8) is 0 Å². The number of rotatable bonds is 4. The molecule has 0 aromatic carbocycles. The second kappa shape index (κ2) is 8.33. The van der Waals surface area contributed by atoms with Gasteiger partial charge in [0.15, 0.2) is 0 Å². The number of H-pyrrole nitrogens is 1. The van der Waals surface area contributed by atoms with Crippen LogP contribution in [0.2, 0.25) is 0 Å². The first-order valence-corrected chi connectivity index (χ1v) is 9.78. The predicted octanol–water partition coefficient (Wildman–Crippen LogP) is 2.64. The Morgan fingerprint density at radius 1 is 1.46 bits per heavy atom. The van der Waals surface area contributed by atoms with E-state index in [0.29, 0.717) is 6.04 Å². The highest BCUT2D eigenvalue weighted by Gasteiger charge is 2.25. The summed E-state index contributed by atoms with van der Waals surface area (Å²) in [7, 11) is 0. The minimum atomic E-state index is 0. The molecule has 1 unspecified atom stereocenters. The summed E-state index contributed by atoms with van der Waals surface area (Å²) >= 11 is 1.63. The van der Waals surface area contributed by atoms with Gasteiger partial charge in [-0.05, 0) is 38.4 Å². The van der Waals surface area contributed by atoms with Crippen LogP contribution in [0.25, 0.3) is 11.0 Å². The molecule has 26 heavy (non-hydrogen) atoms. The van der Waals surface area contributed by atoms with Crippen LogP contribution in [0.1, 0.15) is 19.8 Å². The zero-order chi connectivity index (χ0) is 17.2. The van der Waals surface area contributed by atoms with Crippen LogP contribution in [0.5, 0.6) is 0 Å². The van der Waals surface area contributed by atoms with Crippen LogP contribution in [0, 0.1) is 0 Å². The zero-order valence-corrected chi connectivity index (χ0v) is 16.3. The molecule has 6 nitrogen and oxygen atoms in total. The minimum absolute atomic E-state index is 0. The molecule has 2 aromatic rings. The van der Waals surface area contributed by atoms with Gasteiger partial charge in [0.05, 0.1) is 10.6 Å². The number of thioether (sulfide) groups is 1. The van der Waals surface area contributed by atoms with Gasteiger partial charge in [0.25, 0.3) is 5.91 Å². The molecule has 0 aliphatic carbocycles. The number of aromatic nitrogens is 2. The number of halogens is 1. The molecule has 2 aliphatic rings. The van der Waals surface area contributed by atoms with Crippen LogP contribution in [-0.2, 0) is 4.79 Å². The van der Waals surface area contributed by atoms with E-state index in [4.69, 9.17) is 0 Å². The van der Waals surface area contributed by atoms with Gasteiger partial charge in [-0.25, -0.2) is 4.98 Å². The van der Waals surface area contributed by atoms with E-state index < -0.39 is 0 Å². The number of hydrogen-bond acceptors (Lipinski definition) is 5. The zero-order valence-electron chi connectivity index (χ0n) is 14.7. The number of amides is 1. The molecule has 140 valence electrons. The molecule has 0 saturated carbocycles. The Morgan fingerprint density at radius 3 is 3.15 bits per heavy atom. The Labute approximate surface area is 163 Å². The maximum Gasteiger partial charge on any atom is 0.259 e. The fourth-order valence-electron chi connectivity index (χ4n) is 3.53. The van der Waals surface area contributed by atoms with Crippen molar-refractivity contribution >= 4 is 46.8 Å². The van der Waals surface area contributed by atoms with Crippen molar-refractivity contribution in [2.45, 2.75) is 31.8 Å². The van der Waals surface area contributed by atoms with Crippen molar-refractivity contribution in [1.29, 1.82) is 0 Å². The fourth-order valence-corrected chi connectivity index (χ4v) is 4.42. The van der Waals surface area contributed by atoms with Gasteiger partial charge in [-0.15, -0.1) is 24.2 Å². The number of fused-ring (bicyclic) bond motifs is 1. The maximum absolute atomic E-state index is 12.7. The second-order valence-electron chi connectivity index (χ2n) is 6.57. The van der Waals surface area contributed by atoms with Crippen LogP contribution in [0.3, 0.4) is 0 Å². The standard InChI is InChI=1S/C18H23N5OS.ClH/c1-12(14-3-2-6-19-14)22-18(24)16-11-23(9-10-25-16)15-5-8-21-17-13(15)4-7-20-17;/h4-5,7-8,11-12,14,19H,2-3,6,9-10H2,1H3,(H,20,21)(H,22,24);1H/t12?,14-;/m0./s1. The van der Waals surface area contributed by atoms with E-state index in [-0.39, 0.29) is 24.4 Å². The summed E-state index contributed by atoms with van der Waals surface area (Å²) in [5.74, 6) is 0.916. The van der Waals surface area contributed by atoms with Gasteiger partial charge >= 0.3 is 0 Å². The fraction of sp³-hybridized carbons (Fsp3) is 0.444. The van der Waals surface area contributed by atoms with Gasteiger partial charge in [0, 0.05) is 48.4 Å². The largest absolute Gasteiger partial charge is 0.348 e. The van der Waals surface area contributed by atoms with E-state index >= 15 is 0 Å². The third kappa shape index (κ3) is 3.84. The van der Waals surface area contributed by atoms with Crippen molar-refractivity contribution in [3.8, 4) is 0 Å². The number of anilines is 1. The third-order valence-electron chi connectivity index (χ3n) is 4.89. The summed E-state index contributed by atoms with van der Waals surface area (Å²) in [6.45, 7) is 4.01. The third-order valence-corrected chi connectivity index (χ3v) is 5.88. The van der Waals surface area contributed by atoms with Gasteiger partial charge in [-0.3, -0.25) is 4.79 Å². The lowest BCUT2D eigenvalue weighted by atomic mass is 10.1. The van der Waals surface area contributed by atoms with E-state index in [1.807, 2.05) is 24.5 Å². The van der Waals surface area contributed by atoms with Crippen LogP contribution in [-0.4, -0.2) is 46.8 Å². The molecule has 4 rings (SSSR count). The second-order valence-corrected chi connectivity index (χ2v) is 7.71. The van der Waals surface area contributed by atoms with Crippen LogP contribution in [0.4, 0.5) is 5.69 Å². The highest BCUT2D eigenvalue weighted by Crippen LogP contribution is 2.30. The SMILES string of the molecule is CC(NC(=O)C1=CN(c2ccnc3[nH]ccc23)CCS1)[C@@H]1CCCN1.Cl. The predicted molar refractivity (Wildman–Crippen MR) is 110 cm³/mol. The van der Waals surface area contributed by atoms with Gasteiger partial charge in [0.1, 0.15) is 5.65 Å². The summed E-state index contributed by atoms with van der Waals surface area (Å²) in [6.07, 6.45) is 7.98. The number of carbonyl (C=O) groups is 1. The summed E-state index contributed by atoms with van der Waals surface area (Å²) < 4.78 is 0. The van der Waals surface area contributed by atoms with Gasteiger partial charge in [-0.1, -0.05) is 0 Å². The lowest BCUT2D eigenvalue weighted by Gasteiger charge is -2.28. The molecule has 8 heteroatoms. The maximum atomic E-state index is 12.7. The van der Waals surface area contributed by atoms with E-state index in [1.165, 1.54) is 6.42 Å². The molecule has 4 heterocycles. The number of pyridine rings is 1. The Kier molecular flexibility index (Phi) is 6.11. The van der Waals surface area contributed by atoms with Crippen LogP contribution >= 0.6 is 24.2 Å². The lowest BCUT2D eigenvalue weighted by molar-refractivity contribution is -0.117. The Bertz CT molecular complexity index is 802. The quantitative estimate of drug-likeness (QED) is 0.744. The van der Waals surface area contributed by atoms with Gasteiger partial charge in [0.2, 0.25) is 0 Å². The first-order chi connectivity index (χ1) is 12.2. The first kappa shape index (κ1) is 19.1. The number of hydrogen-bond donors (Lipinski definition) is 3. The van der Waals surface area contributed by atoms with Gasteiger partial charge in [-0.2, -0.15) is 0 Å². The van der Waals surface area contributed by atoms with Crippen molar-refractivity contribution in [2.75, 3.05) is 23.7 Å². The van der Waals surface area contributed by atoms with E-state index in [0.717, 1.165) is 46.9 Å². The summed E-state index contributed by atoms with van der Waals surface area (Å²) in [4.78, 5) is 23.1. The molecule has 1 saturated heterocycles. The molecule has 1 amide bonds. The molecule has 2 aromatic heterocycles. The Hall–Kier alpha value is -1.70. The van der Waals surface area contributed by atoms with Crippen molar-refractivity contribution < 1.29 is 4.79 Å². The Balaban J connectivity index is 0.00000196. The highest BCUT2D eigenvalue weighted by atomic mass is 35.5.